The van der Waals surface area contributed by atoms with Crippen molar-refractivity contribution in [2.45, 2.75) is 6.92 Å². The van der Waals surface area contributed by atoms with Crippen LogP contribution in [0.5, 0.6) is 0 Å². The lowest BCUT2D eigenvalue weighted by Crippen LogP contribution is -2.44. The highest BCUT2D eigenvalue weighted by molar-refractivity contribution is 7.80. The molecule has 0 aliphatic carbocycles. The molecule has 6 heteroatoms. The minimum atomic E-state index is -0.416. The normalized spacial score (nSPS) is 9.47. The van der Waals surface area contributed by atoms with Crippen LogP contribution in [-0.2, 0) is 0 Å². The lowest BCUT2D eigenvalue weighted by atomic mass is 10.1. The van der Waals surface area contributed by atoms with E-state index in [0.29, 0.717) is 11.1 Å². The summed E-state index contributed by atoms with van der Waals surface area (Å²) in [6, 6.07) is 3.87. The van der Waals surface area contributed by atoms with Crippen LogP contribution in [0, 0.1) is 12.7 Å². The Kier molecular flexibility index (Phi) is 3.56. The predicted octanol–water partition coefficient (Wildman–Crippen LogP) is 0.612. The lowest BCUT2D eigenvalue weighted by Gasteiger charge is -2.08. The standard InChI is InChI=1S/C9H10FN3OS/c1-5-4-6(10)2-3-7(5)8(14)12-13-9(11)15/h2-4H,1H3,(H,12,14)(H3,11,13,15). The average molecular weight is 227 g/mol. The molecule has 4 N–H and O–H groups in total. The van der Waals surface area contributed by atoms with E-state index in [4.69, 9.17) is 5.73 Å². The summed E-state index contributed by atoms with van der Waals surface area (Å²) in [6.07, 6.45) is 0. The quantitative estimate of drug-likeness (QED) is 0.486. The molecule has 1 rings (SSSR count). The second-order valence-corrected chi connectivity index (χ2v) is 3.34. The van der Waals surface area contributed by atoms with Crippen molar-refractivity contribution in [3.8, 4) is 0 Å². The van der Waals surface area contributed by atoms with Crippen LogP contribution in [-0.4, -0.2) is 11.0 Å². The van der Waals surface area contributed by atoms with Crippen molar-refractivity contribution in [3.05, 3.63) is 35.1 Å². The van der Waals surface area contributed by atoms with Crippen molar-refractivity contribution < 1.29 is 9.18 Å². The van der Waals surface area contributed by atoms with Crippen molar-refractivity contribution in [2.75, 3.05) is 0 Å². The van der Waals surface area contributed by atoms with E-state index in [9.17, 15) is 9.18 Å². The Hall–Kier alpha value is -1.69. The highest BCUT2D eigenvalue weighted by atomic mass is 32.1. The third-order valence-corrected chi connectivity index (χ3v) is 1.83. The average Bonchev–Trinajstić information content (AvgIpc) is 2.14. The highest BCUT2D eigenvalue weighted by Gasteiger charge is 2.08. The molecule has 0 aliphatic heterocycles. The molecule has 0 atom stereocenters. The Labute approximate surface area is 91.6 Å². The second kappa shape index (κ2) is 4.70. The summed E-state index contributed by atoms with van der Waals surface area (Å²) in [7, 11) is 0. The van der Waals surface area contributed by atoms with Crippen LogP contribution in [0.3, 0.4) is 0 Å². The Morgan fingerprint density at radius 2 is 2.13 bits per heavy atom. The van der Waals surface area contributed by atoms with Gasteiger partial charge in [-0.2, -0.15) is 0 Å². The first-order chi connectivity index (χ1) is 7.00. The number of benzene rings is 1. The summed E-state index contributed by atoms with van der Waals surface area (Å²) in [5.41, 5.74) is 10.6. The van der Waals surface area contributed by atoms with Crippen LogP contribution in [0.1, 0.15) is 15.9 Å². The molecule has 0 spiro atoms. The lowest BCUT2D eigenvalue weighted by molar-refractivity contribution is 0.0943. The minimum Gasteiger partial charge on any atom is -0.375 e. The molecule has 1 aromatic rings. The van der Waals surface area contributed by atoms with Gasteiger partial charge in [0.25, 0.3) is 5.91 Å². The first-order valence-corrected chi connectivity index (χ1v) is 4.53. The molecular weight excluding hydrogens is 217 g/mol. The molecule has 0 radical (unpaired) electrons. The number of nitrogens with one attached hydrogen (secondary N) is 2. The third-order valence-electron chi connectivity index (χ3n) is 1.73. The zero-order valence-electron chi connectivity index (χ0n) is 8.00. The van der Waals surface area contributed by atoms with E-state index in [1.165, 1.54) is 18.2 Å². The number of amides is 1. The summed E-state index contributed by atoms with van der Waals surface area (Å²) < 4.78 is 12.7. The zero-order chi connectivity index (χ0) is 11.4. The van der Waals surface area contributed by atoms with Crippen LogP contribution in [0.15, 0.2) is 18.2 Å². The molecule has 15 heavy (non-hydrogen) atoms. The van der Waals surface area contributed by atoms with E-state index in [1.807, 2.05) is 0 Å². The van der Waals surface area contributed by atoms with Crippen LogP contribution >= 0.6 is 12.2 Å². The van der Waals surface area contributed by atoms with Crippen LogP contribution in [0.25, 0.3) is 0 Å². The number of hydrogen-bond acceptors (Lipinski definition) is 2. The molecule has 0 heterocycles. The van der Waals surface area contributed by atoms with Crippen LogP contribution in [0.4, 0.5) is 4.39 Å². The monoisotopic (exact) mass is 227 g/mol. The first-order valence-electron chi connectivity index (χ1n) is 4.12. The van der Waals surface area contributed by atoms with Crippen LogP contribution < -0.4 is 16.6 Å². The van der Waals surface area contributed by atoms with Gasteiger partial charge in [-0.25, -0.2) is 4.39 Å². The minimum absolute atomic E-state index is 0.0388. The number of carbonyl (C=O) groups is 1. The Morgan fingerprint density at radius 1 is 1.47 bits per heavy atom. The molecule has 0 aliphatic rings. The van der Waals surface area contributed by atoms with Gasteiger partial charge in [0.2, 0.25) is 0 Å². The molecular formula is C9H10FN3OS. The largest absolute Gasteiger partial charge is 0.375 e. The fraction of sp³-hybridized carbons (Fsp3) is 0.111. The fourth-order valence-electron chi connectivity index (χ4n) is 1.07. The van der Waals surface area contributed by atoms with Gasteiger partial charge in [-0.1, -0.05) is 0 Å². The van der Waals surface area contributed by atoms with Crippen molar-refractivity contribution in [2.24, 2.45) is 5.73 Å². The number of rotatable bonds is 1. The fourth-order valence-corrected chi connectivity index (χ4v) is 1.12. The first kappa shape index (κ1) is 11.4. The molecule has 1 aromatic carbocycles. The van der Waals surface area contributed by atoms with Gasteiger partial charge in [-0.15, -0.1) is 0 Å². The molecule has 0 fully saturated rings. The number of hydrogen-bond donors (Lipinski definition) is 3. The van der Waals surface area contributed by atoms with Gasteiger partial charge in [0.15, 0.2) is 5.11 Å². The van der Waals surface area contributed by atoms with Gasteiger partial charge in [0.1, 0.15) is 5.82 Å². The molecule has 0 unspecified atom stereocenters. The number of nitrogens with two attached hydrogens (primary N) is 1. The number of halogens is 1. The number of aryl methyl sites for hydroxylation is 1. The molecule has 0 aromatic heterocycles. The van der Waals surface area contributed by atoms with Gasteiger partial charge >= 0.3 is 0 Å². The SMILES string of the molecule is Cc1cc(F)ccc1C(=O)NNC(N)=S. The highest BCUT2D eigenvalue weighted by Crippen LogP contribution is 2.09. The number of thiocarbonyl (C=S) groups is 1. The molecule has 1 amide bonds. The molecule has 80 valence electrons. The van der Waals surface area contributed by atoms with Gasteiger partial charge < -0.3 is 5.73 Å². The molecule has 4 nitrogen and oxygen atoms in total. The maximum Gasteiger partial charge on any atom is 0.269 e. The molecule has 0 bridgehead atoms. The summed E-state index contributed by atoms with van der Waals surface area (Å²) in [5.74, 6) is -0.799. The number of carbonyl (C=O) groups excluding carboxylic acids is 1. The van der Waals surface area contributed by atoms with Crippen LogP contribution in [0.2, 0.25) is 0 Å². The summed E-state index contributed by atoms with van der Waals surface area (Å²) in [6.45, 7) is 1.64. The van der Waals surface area contributed by atoms with Crippen molar-refractivity contribution in [3.63, 3.8) is 0 Å². The van der Waals surface area contributed by atoms with Gasteiger partial charge in [-0.05, 0) is 42.9 Å². The van der Waals surface area contributed by atoms with Gasteiger partial charge in [0.05, 0.1) is 0 Å². The zero-order valence-corrected chi connectivity index (χ0v) is 8.82. The predicted molar refractivity (Wildman–Crippen MR) is 58.5 cm³/mol. The van der Waals surface area contributed by atoms with Gasteiger partial charge in [0, 0.05) is 5.56 Å². The van der Waals surface area contributed by atoms with E-state index >= 15 is 0 Å². The topological polar surface area (TPSA) is 67.2 Å². The summed E-state index contributed by atoms with van der Waals surface area (Å²) in [4.78, 5) is 11.5. The Balaban J connectivity index is 2.78. The maximum atomic E-state index is 12.7. The second-order valence-electron chi connectivity index (χ2n) is 2.90. The maximum absolute atomic E-state index is 12.7. The van der Waals surface area contributed by atoms with E-state index in [-0.39, 0.29) is 10.9 Å². The Morgan fingerprint density at radius 3 is 2.67 bits per heavy atom. The summed E-state index contributed by atoms with van der Waals surface area (Å²) in [5, 5.41) is -0.0388. The van der Waals surface area contributed by atoms with E-state index in [1.54, 1.807) is 6.92 Å². The number of hydrazine groups is 1. The van der Waals surface area contributed by atoms with E-state index < -0.39 is 5.91 Å². The van der Waals surface area contributed by atoms with Gasteiger partial charge in [-0.3, -0.25) is 15.6 Å². The Bertz CT molecular complexity index is 408. The van der Waals surface area contributed by atoms with E-state index in [0.717, 1.165) is 0 Å². The van der Waals surface area contributed by atoms with Crippen molar-refractivity contribution in [1.29, 1.82) is 0 Å². The van der Waals surface area contributed by atoms with Crippen molar-refractivity contribution >= 4 is 23.2 Å². The summed E-state index contributed by atoms with van der Waals surface area (Å²) >= 11 is 4.51. The van der Waals surface area contributed by atoms with Crippen molar-refractivity contribution in [1.82, 2.24) is 10.9 Å². The van der Waals surface area contributed by atoms with E-state index in [2.05, 4.69) is 23.1 Å². The smallest absolute Gasteiger partial charge is 0.269 e. The molecule has 0 saturated carbocycles. The third kappa shape index (κ3) is 3.17. The molecule has 0 saturated heterocycles.